The van der Waals surface area contributed by atoms with Crippen molar-refractivity contribution in [3.63, 3.8) is 0 Å². The van der Waals surface area contributed by atoms with Crippen LogP contribution < -0.4 is 10.2 Å². The monoisotopic (exact) mass is 516 g/mol. The van der Waals surface area contributed by atoms with Crippen molar-refractivity contribution >= 4 is 46.8 Å². The highest BCUT2D eigenvalue weighted by molar-refractivity contribution is 6.36. The minimum Gasteiger partial charge on any atom is -0.475 e. The van der Waals surface area contributed by atoms with Gasteiger partial charge in [0.25, 0.3) is 11.8 Å². The topological polar surface area (TPSA) is 120 Å². The number of imide groups is 1. The number of carbonyl (C=O) groups excluding carboxylic acids is 3. The minimum atomic E-state index is -5.08. The molecule has 0 radical (unpaired) electrons. The van der Waals surface area contributed by atoms with Crippen LogP contribution in [0.2, 0.25) is 5.02 Å². The van der Waals surface area contributed by atoms with Crippen LogP contribution in [0.5, 0.6) is 0 Å². The summed E-state index contributed by atoms with van der Waals surface area (Å²) in [7, 11) is 0. The van der Waals surface area contributed by atoms with Gasteiger partial charge >= 0.3 is 18.2 Å². The van der Waals surface area contributed by atoms with Gasteiger partial charge in [0, 0.05) is 12.2 Å². The Hall–Kier alpha value is -3.74. The first-order chi connectivity index (χ1) is 16.4. The van der Waals surface area contributed by atoms with Gasteiger partial charge in [-0.25, -0.2) is 19.5 Å². The van der Waals surface area contributed by atoms with Crippen LogP contribution >= 0.6 is 11.6 Å². The lowest BCUT2D eigenvalue weighted by Crippen LogP contribution is -2.39. The highest BCUT2D eigenvalue weighted by atomic mass is 35.5. The number of hydrogen-bond donors (Lipinski definition) is 2. The number of anilines is 2. The molecule has 2 aliphatic rings. The van der Waals surface area contributed by atoms with Gasteiger partial charge in [0.05, 0.1) is 10.7 Å². The molecule has 2 aliphatic heterocycles. The molecule has 1 atom stereocenters. The molecule has 1 unspecified atom stereocenters. The number of carbonyl (C=O) groups is 4. The van der Waals surface area contributed by atoms with Crippen LogP contribution in [0.15, 0.2) is 36.4 Å². The van der Waals surface area contributed by atoms with Gasteiger partial charge in [-0.2, -0.15) is 17.6 Å². The fourth-order valence-electron chi connectivity index (χ4n) is 3.51. The van der Waals surface area contributed by atoms with Crippen LogP contribution in [0.1, 0.15) is 29.8 Å². The van der Waals surface area contributed by atoms with Gasteiger partial charge in [0.15, 0.2) is 0 Å². The SMILES string of the molecule is O=C(Nc1ccc(N2C(=O)C3CCCCN3C2=O)c(Cl)c1)c1cccc(F)n1.O=C(O)C(F)(F)F. The third-order valence-corrected chi connectivity index (χ3v) is 5.38. The summed E-state index contributed by atoms with van der Waals surface area (Å²) < 4.78 is 44.9. The van der Waals surface area contributed by atoms with Crippen LogP contribution in [0.4, 0.5) is 33.7 Å². The number of carboxylic acid groups (broad SMARTS) is 1. The first-order valence-corrected chi connectivity index (χ1v) is 10.5. The summed E-state index contributed by atoms with van der Waals surface area (Å²) in [6.45, 7) is 0.554. The number of urea groups is 1. The Kier molecular flexibility index (Phi) is 7.58. The van der Waals surface area contributed by atoms with E-state index in [-0.39, 0.29) is 28.3 Å². The Labute approximate surface area is 200 Å². The van der Waals surface area contributed by atoms with E-state index in [4.69, 9.17) is 21.5 Å². The van der Waals surface area contributed by atoms with Gasteiger partial charge in [0.2, 0.25) is 5.95 Å². The van der Waals surface area contributed by atoms with E-state index in [0.29, 0.717) is 18.7 Å². The van der Waals surface area contributed by atoms with Crippen molar-refractivity contribution < 1.29 is 41.8 Å². The van der Waals surface area contributed by atoms with E-state index in [2.05, 4.69) is 10.3 Å². The average Bonchev–Trinajstić information content (AvgIpc) is 3.04. The van der Waals surface area contributed by atoms with Gasteiger partial charge in [-0.1, -0.05) is 17.7 Å². The number of fused-ring (bicyclic) bond motifs is 1. The average molecular weight is 517 g/mol. The molecule has 0 aliphatic carbocycles. The van der Waals surface area contributed by atoms with Crippen LogP contribution in [-0.4, -0.2) is 57.6 Å². The molecule has 1 aromatic heterocycles. The normalized spacial score (nSPS) is 17.5. The maximum atomic E-state index is 13.2. The maximum absolute atomic E-state index is 13.2. The molecule has 14 heteroatoms. The largest absolute Gasteiger partial charge is 0.490 e. The molecule has 4 rings (SSSR count). The van der Waals surface area contributed by atoms with Crippen molar-refractivity contribution in [2.45, 2.75) is 31.5 Å². The molecular weight excluding hydrogens is 500 g/mol. The van der Waals surface area contributed by atoms with E-state index in [0.717, 1.165) is 23.8 Å². The Bertz CT molecular complexity index is 1150. The molecule has 4 amide bonds. The molecule has 0 bridgehead atoms. The quantitative estimate of drug-likeness (QED) is 0.360. The number of aliphatic carboxylic acids is 1. The van der Waals surface area contributed by atoms with Crippen molar-refractivity contribution in [1.82, 2.24) is 9.88 Å². The summed E-state index contributed by atoms with van der Waals surface area (Å²) in [5.74, 6) is -4.41. The smallest absolute Gasteiger partial charge is 0.475 e. The molecule has 2 aromatic rings. The molecule has 0 saturated carbocycles. The van der Waals surface area contributed by atoms with Gasteiger partial charge < -0.3 is 15.3 Å². The van der Waals surface area contributed by atoms with Crippen LogP contribution in [0.25, 0.3) is 0 Å². The first kappa shape index (κ1) is 25.9. The van der Waals surface area contributed by atoms with E-state index in [9.17, 15) is 31.9 Å². The number of pyridine rings is 1. The Morgan fingerprint density at radius 1 is 1.14 bits per heavy atom. The molecule has 186 valence electrons. The maximum Gasteiger partial charge on any atom is 0.490 e. The Balaban J connectivity index is 0.000000429. The fourth-order valence-corrected chi connectivity index (χ4v) is 3.77. The number of nitrogens with one attached hydrogen (secondary N) is 1. The molecule has 3 heterocycles. The number of hydrogen-bond acceptors (Lipinski definition) is 5. The number of rotatable bonds is 3. The predicted molar refractivity (Wildman–Crippen MR) is 115 cm³/mol. The van der Waals surface area contributed by atoms with Crippen molar-refractivity contribution in [1.29, 1.82) is 0 Å². The second kappa shape index (κ2) is 10.3. The number of carboxylic acids is 1. The van der Waals surface area contributed by atoms with Gasteiger partial charge in [0.1, 0.15) is 11.7 Å². The zero-order chi connectivity index (χ0) is 25.9. The Morgan fingerprint density at radius 3 is 2.40 bits per heavy atom. The highest BCUT2D eigenvalue weighted by Gasteiger charge is 2.47. The third-order valence-electron chi connectivity index (χ3n) is 5.08. The van der Waals surface area contributed by atoms with Crippen LogP contribution in [0.3, 0.4) is 0 Å². The number of amides is 4. The number of halogens is 5. The second-order valence-corrected chi connectivity index (χ2v) is 7.84. The second-order valence-electron chi connectivity index (χ2n) is 7.43. The summed E-state index contributed by atoms with van der Waals surface area (Å²) in [6.07, 6.45) is -2.66. The van der Waals surface area contributed by atoms with Crippen LogP contribution in [0, 0.1) is 5.95 Å². The van der Waals surface area contributed by atoms with E-state index in [1.807, 2.05) is 0 Å². The summed E-state index contributed by atoms with van der Waals surface area (Å²) in [4.78, 5) is 52.6. The lowest BCUT2D eigenvalue weighted by Gasteiger charge is -2.26. The number of piperidine rings is 1. The summed E-state index contributed by atoms with van der Waals surface area (Å²) in [5, 5.41) is 9.83. The van der Waals surface area contributed by atoms with Crippen molar-refractivity contribution in [3.8, 4) is 0 Å². The molecule has 2 fully saturated rings. The van der Waals surface area contributed by atoms with Crippen molar-refractivity contribution in [3.05, 3.63) is 53.1 Å². The number of nitrogens with zero attached hydrogens (tertiary/aromatic N) is 3. The zero-order valence-corrected chi connectivity index (χ0v) is 18.4. The number of aromatic nitrogens is 1. The molecule has 35 heavy (non-hydrogen) atoms. The van der Waals surface area contributed by atoms with Gasteiger partial charge in [-0.15, -0.1) is 0 Å². The molecule has 1 aromatic carbocycles. The van der Waals surface area contributed by atoms with Gasteiger partial charge in [-0.3, -0.25) is 9.59 Å². The lowest BCUT2D eigenvalue weighted by molar-refractivity contribution is -0.192. The van der Waals surface area contributed by atoms with Crippen molar-refractivity contribution in [2.75, 3.05) is 16.8 Å². The fraction of sp³-hybridized carbons (Fsp3) is 0.286. The zero-order valence-electron chi connectivity index (χ0n) is 17.7. The van der Waals surface area contributed by atoms with Gasteiger partial charge in [-0.05, 0) is 49.6 Å². The molecular formula is C21H17ClF4N4O5. The highest BCUT2D eigenvalue weighted by Crippen LogP contribution is 2.35. The first-order valence-electron chi connectivity index (χ1n) is 10.1. The summed E-state index contributed by atoms with van der Waals surface area (Å²) >= 11 is 6.30. The summed E-state index contributed by atoms with van der Waals surface area (Å²) in [6, 6.07) is 7.56. The van der Waals surface area contributed by atoms with Crippen molar-refractivity contribution in [2.24, 2.45) is 0 Å². The standard InChI is InChI=1S/C19H16ClFN4O3.C2HF3O2/c20-12-10-11(22-17(26)13-4-3-6-16(21)23-13)7-8-14(12)25-18(27)15-5-1-2-9-24(15)19(25)28;3-2(4,5)1(6)7/h3-4,6-8,10,15H,1-2,5,9H2,(H,22,26);(H,6,7). The third kappa shape index (κ3) is 5.85. The van der Waals surface area contributed by atoms with E-state index >= 15 is 0 Å². The minimum absolute atomic E-state index is 0.0815. The van der Waals surface area contributed by atoms with E-state index < -0.39 is 30.0 Å². The predicted octanol–water partition coefficient (Wildman–Crippen LogP) is 4.08. The van der Waals surface area contributed by atoms with E-state index in [1.165, 1.54) is 30.3 Å². The van der Waals surface area contributed by atoms with Crippen LogP contribution in [-0.2, 0) is 9.59 Å². The Morgan fingerprint density at radius 2 is 1.83 bits per heavy atom. The molecule has 2 saturated heterocycles. The van der Waals surface area contributed by atoms with E-state index in [1.54, 1.807) is 4.90 Å². The summed E-state index contributed by atoms with van der Waals surface area (Å²) in [5.41, 5.74) is 0.525. The molecule has 2 N–H and O–H groups in total. The number of benzene rings is 1. The number of alkyl halides is 3. The molecule has 0 spiro atoms. The lowest BCUT2D eigenvalue weighted by atomic mass is 10.0. The molecule has 9 nitrogen and oxygen atoms in total.